The molecule has 3 aromatic carbocycles. The summed E-state index contributed by atoms with van der Waals surface area (Å²) in [5.41, 5.74) is 11.8. The second-order valence-corrected chi connectivity index (χ2v) is 10.8. The lowest BCUT2D eigenvalue weighted by atomic mass is 9.87. The first-order chi connectivity index (χ1) is 18.9. The summed E-state index contributed by atoms with van der Waals surface area (Å²) in [5, 5.41) is 8.71. The highest BCUT2D eigenvalue weighted by Gasteiger charge is 2.22. The van der Waals surface area contributed by atoms with Crippen LogP contribution in [0.1, 0.15) is 42.3 Å². The molecule has 0 spiro atoms. The van der Waals surface area contributed by atoms with Crippen LogP contribution in [0.3, 0.4) is 0 Å². The van der Waals surface area contributed by atoms with Gasteiger partial charge in [-0.05, 0) is 69.6 Å². The largest absolute Gasteiger partial charge is 0.369 e. The zero-order valence-electron chi connectivity index (χ0n) is 23.3. The van der Waals surface area contributed by atoms with Crippen LogP contribution in [-0.4, -0.2) is 24.9 Å². The Morgan fingerprint density at radius 3 is 2.40 bits per heavy atom. The highest BCUT2D eigenvalue weighted by molar-refractivity contribution is 6.00. The molecule has 1 aliphatic rings. The third kappa shape index (κ3) is 6.58. The first-order valence-electron chi connectivity index (χ1n) is 13.0. The van der Waals surface area contributed by atoms with Crippen LogP contribution in [0, 0.1) is 5.41 Å². The quantitative estimate of drug-likeness (QED) is 0.291. The van der Waals surface area contributed by atoms with E-state index in [2.05, 4.69) is 22.5 Å². The summed E-state index contributed by atoms with van der Waals surface area (Å²) >= 11 is 0. The second kappa shape index (κ2) is 11.5. The second-order valence-electron chi connectivity index (χ2n) is 10.8. The molecule has 1 heterocycles. The van der Waals surface area contributed by atoms with E-state index >= 15 is 0 Å². The summed E-state index contributed by atoms with van der Waals surface area (Å²) in [6, 6.07) is 20.2. The summed E-state index contributed by atoms with van der Waals surface area (Å²) in [5.74, 6) is 0.0404. The summed E-state index contributed by atoms with van der Waals surface area (Å²) in [6.07, 6.45) is 1.96. The first-order valence-corrected chi connectivity index (χ1v) is 13.0. The van der Waals surface area contributed by atoms with Crippen molar-refractivity contribution in [3.8, 4) is 11.1 Å². The molecule has 0 aliphatic carbocycles. The number of nitrogens with zero attached hydrogens (tertiary/aromatic N) is 1. The number of amides is 4. The van der Waals surface area contributed by atoms with Crippen molar-refractivity contribution in [2.75, 3.05) is 17.3 Å². The molecule has 0 atom stereocenters. The van der Waals surface area contributed by atoms with Crippen LogP contribution in [0.25, 0.3) is 11.1 Å². The Morgan fingerprint density at radius 1 is 1.05 bits per heavy atom. The number of hydrogen-bond donors (Lipinski definition) is 4. The molecule has 0 bridgehead atoms. The van der Waals surface area contributed by atoms with Crippen molar-refractivity contribution in [1.82, 2.24) is 10.6 Å². The SMILES string of the molecule is C=C(/C=C(/NC(=O)Nc1ccc(-c2cccc3c2CNC3=O)cc1)N(C)c1cccc(CC(N)=O)c1)C(C)(C)C. The monoisotopic (exact) mass is 537 g/mol. The molecule has 4 amide bonds. The van der Waals surface area contributed by atoms with E-state index in [0.29, 0.717) is 23.6 Å². The maximum atomic E-state index is 13.1. The van der Waals surface area contributed by atoms with E-state index in [-0.39, 0.29) is 17.7 Å². The molecule has 1 aliphatic heterocycles. The average molecular weight is 538 g/mol. The van der Waals surface area contributed by atoms with Gasteiger partial charge in [0.15, 0.2) is 0 Å². The van der Waals surface area contributed by atoms with E-state index in [1.54, 1.807) is 0 Å². The fourth-order valence-corrected chi connectivity index (χ4v) is 4.35. The van der Waals surface area contributed by atoms with Gasteiger partial charge in [-0.25, -0.2) is 4.79 Å². The van der Waals surface area contributed by atoms with Gasteiger partial charge in [0.25, 0.3) is 5.91 Å². The van der Waals surface area contributed by atoms with Crippen LogP contribution in [0.15, 0.2) is 90.8 Å². The van der Waals surface area contributed by atoms with Crippen molar-refractivity contribution < 1.29 is 14.4 Å². The van der Waals surface area contributed by atoms with Crippen molar-refractivity contribution in [2.24, 2.45) is 11.1 Å². The number of rotatable bonds is 8. The number of anilines is 2. The highest BCUT2D eigenvalue weighted by Crippen LogP contribution is 2.30. The van der Waals surface area contributed by atoms with Crippen molar-refractivity contribution >= 4 is 29.2 Å². The fourth-order valence-electron chi connectivity index (χ4n) is 4.35. The Kier molecular flexibility index (Phi) is 8.09. The maximum absolute atomic E-state index is 13.1. The van der Waals surface area contributed by atoms with Gasteiger partial charge in [0, 0.05) is 30.5 Å². The molecule has 40 heavy (non-hydrogen) atoms. The molecule has 8 nitrogen and oxygen atoms in total. The van der Waals surface area contributed by atoms with Gasteiger partial charge in [0.05, 0.1) is 6.42 Å². The lowest BCUT2D eigenvalue weighted by molar-refractivity contribution is -0.117. The molecular weight excluding hydrogens is 502 g/mol. The summed E-state index contributed by atoms with van der Waals surface area (Å²) in [6.45, 7) is 10.8. The lowest BCUT2D eigenvalue weighted by Gasteiger charge is -2.27. The van der Waals surface area contributed by atoms with Crippen molar-refractivity contribution in [2.45, 2.75) is 33.7 Å². The Balaban J connectivity index is 1.53. The van der Waals surface area contributed by atoms with Gasteiger partial charge in [0.1, 0.15) is 5.82 Å². The average Bonchev–Trinajstić information content (AvgIpc) is 3.28. The Morgan fingerprint density at radius 2 is 1.73 bits per heavy atom. The number of allylic oxidation sites excluding steroid dienone is 2. The smallest absolute Gasteiger partial charge is 0.324 e. The molecule has 0 fully saturated rings. The van der Waals surface area contributed by atoms with Gasteiger partial charge in [-0.3, -0.25) is 14.9 Å². The topological polar surface area (TPSA) is 117 Å². The highest BCUT2D eigenvalue weighted by atomic mass is 16.2. The van der Waals surface area contributed by atoms with Gasteiger partial charge in [-0.1, -0.05) is 63.7 Å². The molecule has 0 saturated heterocycles. The molecule has 4 rings (SSSR count). The predicted molar refractivity (Wildman–Crippen MR) is 160 cm³/mol. The minimum Gasteiger partial charge on any atom is -0.369 e. The predicted octanol–water partition coefficient (Wildman–Crippen LogP) is 5.33. The third-order valence-corrected chi connectivity index (χ3v) is 6.85. The standard InChI is InChI=1S/C32H35N5O3/c1-20(32(2,3)4)16-29(37(5)24-9-6-8-21(17-24)18-28(33)38)36-31(40)35-23-14-12-22(13-15-23)25-10-7-11-26-27(25)19-34-30(26)39/h6-17H,1,18-19H2,2-5H3,(H2,33,38)(H,34,39)(H2,35,36,40)/b29-16-. The number of hydrogen-bond acceptors (Lipinski definition) is 4. The first kappa shape index (κ1) is 28.2. The van der Waals surface area contributed by atoms with Crippen LogP contribution in [0.2, 0.25) is 0 Å². The Hall–Kier alpha value is -4.85. The Labute approximate surface area is 235 Å². The molecule has 3 aromatic rings. The zero-order chi connectivity index (χ0) is 29.0. The van der Waals surface area contributed by atoms with Crippen LogP contribution in [0.5, 0.6) is 0 Å². The lowest BCUT2D eigenvalue weighted by Crippen LogP contribution is -2.36. The maximum Gasteiger partial charge on any atom is 0.324 e. The van der Waals surface area contributed by atoms with Crippen LogP contribution >= 0.6 is 0 Å². The van der Waals surface area contributed by atoms with Gasteiger partial charge < -0.3 is 21.3 Å². The number of nitrogens with one attached hydrogen (secondary N) is 3. The number of benzene rings is 3. The molecule has 8 heteroatoms. The number of carbonyl (C=O) groups excluding carboxylic acids is 3. The summed E-state index contributed by atoms with van der Waals surface area (Å²) in [4.78, 5) is 38.4. The van der Waals surface area contributed by atoms with E-state index in [9.17, 15) is 14.4 Å². The number of nitrogens with two attached hydrogens (primary N) is 1. The number of primary amides is 1. The van der Waals surface area contributed by atoms with Crippen LogP contribution in [-0.2, 0) is 17.8 Å². The van der Waals surface area contributed by atoms with Gasteiger partial charge in [0.2, 0.25) is 5.91 Å². The summed E-state index contributed by atoms with van der Waals surface area (Å²) < 4.78 is 0. The molecule has 206 valence electrons. The molecule has 5 N–H and O–H groups in total. The minimum atomic E-state index is -0.420. The molecule has 0 unspecified atom stereocenters. The fraction of sp³-hybridized carbons (Fsp3) is 0.219. The van der Waals surface area contributed by atoms with Gasteiger partial charge in [-0.15, -0.1) is 0 Å². The van der Waals surface area contributed by atoms with Crippen molar-refractivity contribution in [3.63, 3.8) is 0 Å². The van der Waals surface area contributed by atoms with Gasteiger partial charge in [-0.2, -0.15) is 0 Å². The van der Waals surface area contributed by atoms with Crippen LogP contribution in [0.4, 0.5) is 16.2 Å². The van der Waals surface area contributed by atoms with Crippen molar-refractivity contribution in [1.29, 1.82) is 0 Å². The van der Waals surface area contributed by atoms with E-state index < -0.39 is 11.9 Å². The number of urea groups is 1. The van der Waals surface area contributed by atoms with E-state index in [1.165, 1.54) is 0 Å². The number of fused-ring (bicyclic) bond motifs is 1. The normalized spacial score (nSPS) is 12.8. The number of carbonyl (C=O) groups is 3. The molecule has 0 radical (unpaired) electrons. The van der Waals surface area contributed by atoms with Crippen molar-refractivity contribution in [3.05, 3.63) is 107 Å². The zero-order valence-corrected chi connectivity index (χ0v) is 23.3. The molecule has 0 aromatic heterocycles. The van der Waals surface area contributed by atoms with E-state index in [4.69, 9.17) is 5.73 Å². The third-order valence-electron chi connectivity index (χ3n) is 6.85. The minimum absolute atomic E-state index is 0.0608. The molecular formula is C32H35N5O3. The summed E-state index contributed by atoms with van der Waals surface area (Å²) in [7, 11) is 1.83. The molecule has 0 saturated carbocycles. The van der Waals surface area contributed by atoms with Gasteiger partial charge >= 0.3 is 6.03 Å². The Bertz CT molecular complexity index is 1500. The van der Waals surface area contributed by atoms with E-state index in [1.807, 2.05) is 106 Å². The van der Waals surface area contributed by atoms with E-state index in [0.717, 1.165) is 33.5 Å². The van der Waals surface area contributed by atoms with Crippen LogP contribution < -0.4 is 26.6 Å².